The van der Waals surface area contributed by atoms with Gasteiger partial charge < -0.3 is 14.7 Å². The minimum atomic E-state index is -0.126. The van der Waals surface area contributed by atoms with Crippen molar-refractivity contribution in [1.82, 2.24) is 14.7 Å². The van der Waals surface area contributed by atoms with Gasteiger partial charge in [0.15, 0.2) is 0 Å². The third-order valence-corrected chi connectivity index (χ3v) is 4.72. The van der Waals surface area contributed by atoms with Gasteiger partial charge in [0.25, 0.3) is 11.8 Å². The molecule has 2 aromatic carbocycles. The summed E-state index contributed by atoms with van der Waals surface area (Å²) in [5, 5.41) is 0. The van der Waals surface area contributed by atoms with Gasteiger partial charge in [-0.25, -0.2) is 0 Å². The fourth-order valence-corrected chi connectivity index (χ4v) is 3.15. The zero-order valence-electron chi connectivity index (χ0n) is 15.4. The standard InChI is InChI=1S/C21H23N3O3/c1-22(15-17-6-3-2-4-7-17)20(26)18-8-5-9-19(14-18)21(27)24-12-10-23(16-25)11-13-24/h2-9,14,16H,10-13,15H2,1H3. The van der Waals surface area contributed by atoms with Crippen molar-refractivity contribution in [2.45, 2.75) is 6.54 Å². The lowest BCUT2D eigenvalue weighted by atomic mass is 10.1. The van der Waals surface area contributed by atoms with Gasteiger partial charge in [0.1, 0.15) is 0 Å². The Kier molecular flexibility index (Phi) is 5.86. The van der Waals surface area contributed by atoms with Crippen LogP contribution in [0.3, 0.4) is 0 Å². The molecule has 6 heteroatoms. The van der Waals surface area contributed by atoms with Gasteiger partial charge in [-0.2, -0.15) is 0 Å². The van der Waals surface area contributed by atoms with Crippen LogP contribution in [0.25, 0.3) is 0 Å². The molecule has 0 bridgehead atoms. The van der Waals surface area contributed by atoms with E-state index in [1.165, 1.54) is 0 Å². The van der Waals surface area contributed by atoms with Gasteiger partial charge in [-0.1, -0.05) is 36.4 Å². The monoisotopic (exact) mass is 365 g/mol. The second-order valence-corrected chi connectivity index (χ2v) is 6.66. The molecular formula is C21H23N3O3. The summed E-state index contributed by atoms with van der Waals surface area (Å²) in [6, 6.07) is 16.6. The van der Waals surface area contributed by atoms with E-state index in [0.29, 0.717) is 43.9 Å². The van der Waals surface area contributed by atoms with Crippen molar-refractivity contribution in [1.29, 1.82) is 0 Å². The van der Waals surface area contributed by atoms with E-state index < -0.39 is 0 Å². The number of amides is 3. The van der Waals surface area contributed by atoms with Crippen LogP contribution in [0, 0.1) is 0 Å². The highest BCUT2D eigenvalue weighted by Gasteiger charge is 2.22. The maximum Gasteiger partial charge on any atom is 0.253 e. The third kappa shape index (κ3) is 4.53. The van der Waals surface area contributed by atoms with Crippen LogP contribution in [0.5, 0.6) is 0 Å². The maximum absolute atomic E-state index is 12.7. The minimum absolute atomic E-state index is 0.110. The number of benzene rings is 2. The van der Waals surface area contributed by atoms with Crippen molar-refractivity contribution < 1.29 is 14.4 Å². The van der Waals surface area contributed by atoms with Crippen molar-refractivity contribution in [3.05, 3.63) is 71.3 Å². The summed E-state index contributed by atoms with van der Waals surface area (Å²) in [5.41, 5.74) is 2.04. The first-order chi connectivity index (χ1) is 13.1. The highest BCUT2D eigenvalue weighted by atomic mass is 16.2. The smallest absolute Gasteiger partial charge is 0.253 e. The molecule has 140 valence electrons. The Hall–Kier alpha value is -3.15. The molecule has 3 rings (SSSR count). The first-order valence-electron chi connectivity index (χ1n) is 8.96. The molecule has 0 unspecified atom stereocenters. The van der Waals surface area contributed by atoms with E-state index in [1.54, 1.807) is 46.0 Å². The van der Waals surface area contributed by atoms with Crippen LogP contribution in [0.2, 0.25) is 0 Å². The summed E-state index contributed by atoms with van der Waals surface area (Å²) >= 11 is 0. The van der Waals surface area contributed by atoms with E-state index in [9.17, 15) is 14.4 Å². The van der Waals surface area contributed by atoms with Crippen molar-refractivity contribution >= 4 is 18.2 Å². The summed E-state index contributed by atoms with van der Waals surface area (Å²) in [4.78, 5) is 41.3. The van der Waals surface area contributed by atoms with E-state index in [1.807, 2.05) is 30.3 Å². The predicted octanol–water partition coefficient (Wildman–Crippen LogP) is 1.87. The SMILES string of the molecule is CN(Cc1ccccc1)C(=O)c1cccc(C(=O)N2CCN(C=O)CC2)c1. The highest BCUT2D eigenvalue weighted by Crippen LogP contribution is 2.13. The quantitative estimate of drug-likeness (QED) is 0.760. The third-order valence-electron chi connectivity index (χ3n) is 4.72. The molecule has 1 aliphatic rings. The molecule has 3 amide bonds. The number of nitrogens with zero attached hydrogens (tertiary/aromatic N) is 3. The molecule has 0 spiro atoms. The molecule has 1 saturated heterocycles. The molecule has 0 aliphatic carbocycles. The molecule has 0 atom stereocenters. The number of carbonyl (C=O) groups is 3. The molecule has 2 aromatic rings. The Morgan fingerprint density at radius 3 is 2.30 bits per heavy atom. The number of carbonyl (C=O) groups excluding carboxylic acids is 3. The van der Waals surface area contributed by atoms with Crippen LogP contribution in [0.15, 0.2) is 54.6 Å². The minimum Gasteiger partial charge on any atom is -0.342 e. The van der Waals surface area contributed by atoms with Gasteiger partial charge in [0, 0.05) is 50.9 Å². The lowest BCUT2D eigenvalue weighted by Gasteiger charge is -2.32. The second-order valence-electron chi connectivity index (χ2n) is 6.66. The molecule has 0 radical (unpaired) electrons. The van der Waals surface area contributed by atoms with Gasteiger partial charge in [-0.15, -0.1) is 0 Å². The Morgan fingerprint density at radius 2 is 1.63 bits per heavy atom. The molecule has 1 aliphatic heterocycles. The van der Waals surface area contributed by atoms with Crippen molar-refractivity contribution in [2.24, 2.45) is 0 Å². The molecule has 6 nitrogen and oxygen atoms in total. The first-order valence-corrected chi connectivity index (χ1v) is 8.96. The zero-order valence-corrected chi connectivity index (χ0v) is 15.4. The van der Waals surface area contributed by atoms with Crippen LogP contribution in [-0.2, 0) is 11.3 Å². The van der Waals surface area contributed by atoms with E-state index in [4.69, 9.17) is 0 Å². The zero-order chi connectivity index (χ0) is 19.2. The van der Waals surface area contributed by atoms with E-state index in [-0.39, 0.29) is 11.8 Å². The van der Waals surface area contributed by atoms with E-state index in [0.717, 1.165) is 12.0 Å². The first kappa shape index (κ1) is 18.6. The lowest BCUT2D eigenvalue weighted by molar-refractivity contribution is -0.119. The maximum atomic E-state index is 12.7. The fraction of sp³-hybridized carbons (Fsp3) is 0.286. The van der Waals surface area contributed by atoms with Gasteiger partial charge in [-0.05, 0) is 23.8 Å². The fourth-order valence-electron chi connectivity index (χ4n) is 3.15. The van der Waals surface area contributed by atoms with E-state index in [2.05, 4.69) is 0 Å². The van der Waals surface area contributed by atoms with Crippen LogP contribution in [0.1, 0.15) is 26.3 Å². The second kappa shape index (κ2) is 8.49. The average molecular weight is 365 g/mol. The Labute approximate surface area is 159 Å². The Morgan fingerprint density at radius 1 is 0.963 bits per heavy atom. The number of piperazine rings is 1. The molecule has 1 heterocycles. The van der Waals surface area contributed by atoms with Crippen LogP contribution in [-0.4, -0.2) is 66.2 Å². The number of rotatable bonds is 5. The average Bonchev–Trinajstić information content (AvgIpc) is 2.73. The molecule has 27 heavy (non-hydrogen) atoms. The normalized spacial score (nSPS) is 14.0. The van der Waals surface area contributed by atoms with Crippen molar-refractivity contribution in [3.8, 4) is 0 Å². The molecule has 0 N–H and O–H groups in total. The Balaban J connectivity index is 1.68. The van der Waals surface area contributed by atoms with Crippen LogP contribution < -0.4 is 0 Å². The van der Waals surface area contributed by atoms with Gasteiger partial charge >= 0.3 is 0 Å². The molecule has 0 aromatic heterocycles. The number of hydrogen-bond acceptors (Lipinski definition) is 3. The highest BCUT2D eigenvalue weighted by molar-refractivity contribution is 5.99. The predicted molar refractivity (Wildman–Crippen MR) is 102 cm³/mol. The van der Waals surface area contributed by atoms with Gasteiger partial charge in [0.05, 0.1) is 0 Å². The van der Waals surface area contributed by atoms with Crippen LogP contribution >= 0.6 is 0 Å². The molecule has 0 saturated carbocycles. The topological polar surface area (TPSA) is 60.9 Å². The van der Waals surface area contributed by atoms with Gasteiger partial charge in [0.2, 0.25) is 6.41 Å². The summed E-state index contributed by atoms with van der Waals surface area (Å²) in [6.07, 6.45) is 0.809. The summed E-state index contributed by atoms with van der Waals surface area (Å²) in [5.74, 6) is -0.236. The lowest BCUT2D eigenvalue weighted by Crippen LogP contribution is -2.48. The summed E-state index contributed by atoms with van der Waals surface area (Å²) in [7, 11) is 1.75. The van der Waals surface area contributed by atoms with Gasteiger partial charge in [-0.3, -0.25) is 14.4 Å². The van der Waals surface area contributed by atoms with Crippen molar-refractivity contribution in [2.75, 3.05) is 33.2 Å². The molecular weight excluding hydrogens is 342 g/mol. The van der Waals surface area contributed by atoms with Crippen LogP contribution in [0.4, 0.5) is 0 Å². The van der Waals surface area contributed by atoms with Crippen molar-refractivity contribution in [3.63, 3.8) is 0 Å². The number of hydrogen-bond donors (Lipinski definition) is 0. The summed E-state index contributed by atoms with van der Waals surface area (Å²) in [6.45, 7) is 2.58. The molecule has 1 fully saturated rings. The largest absolute Gasteiger partial charge is 0.342 e. The van der Waals surface area contributed by atoms with E-state index >= 15 is 0 Å². The Bertz CT molecular complexity index is 814. The summed E-state index contributed by atoms with van der Waals surface area (Å²) < 4.78 is 0.